The van der Waals surface area contributed by atoms with Gasteiger partial charge in [0.1, 0.15) is 6.61 Å². The lowest BCUT2D eigenvalue weighted by Crippen LogP contribution is -2.43. The molecule has 0 N–H and O–H groups in total. The van der Waals surface area contributed by atoms with Gasteiger partial charge in [-0.05, 0) is 87.9 Å². The molecular formula is C28H32N2O3. The lowest BCUT2D eigenvalue weighted by molar-refractivity contribution is -0.157. The first-order valence-corrected chi connectivity index (χ1v) is 11.6. The van der Waals surface area contributed by atoms with E-state index in [1.54, 1.807) is 0 Å². The van der Waals surface area contributed by atoms with Crippen molar-refractivity contribution in [2.45, 2.75) is 80.9 Å². The van der Waals surface area contributed by atoms with Crippen LogP contribution in [0.4, 0.5) is 0 Å². The third-order valence-electron chi connectivity index (χ3n) is 8.88. The molecule has 0 fully saturated rings. The number of hydrogen-bond donors (Lipinski definition) is 0. The molecule has 2 aromatic heterocycles. The molecule has 0 aliphatic carbocycles. The molecule has 172 valence electrons. The van der Waals surface area contributed by atoms with Crippen LogP contribution in [0.2, 0.25) is 0 Å². The molecule has 0 spiro atoms. The van der Waals surface area contributed by atoms with Gasteiger partial charge in [-0.3, -0.25) is 9.59 Å². The Morgan fingerprint density at radius 1 is 0.879 bits per heavy atom. The number of hydrogen-bond acceptors (Lipinski definition) is 4. The Labute approximate surface area is 194 Å². The van der Waals surface area contributed by atoms with Crippen LogP contribution in [0, 0.1) is 40.0 Å². The summed E-state index contributed by atoms with van der Waals surface area (Å²) < 4.78 is 7.46. The molecule has 5 nitrogen and oxygen atoms in total. The second kappa shape index (κ2) is 6.55. The van der Waals surface area contributed by atoms with E-state index in [9.17, 15) is 9.59 Å². The summed E-state index contributed by atoms with van der Waals surface area (Å²) in [6.07, 6.45) is 0. The van der Waals surface area contributed by atoms with Crippen molar-refractivity contribution >= 4 is 16.9 Å². The second-order valence-electron chi connectivity index (χ2n) is 10.9. The maximum Gasteiger partial charge on any atom is 0.312 e. The van der Waals surface area contributed by atoms with Crippen LogP contribution in [0.3, 0.4) is 0 Å². The Kier molecular flexibility index (Phi) is 4.34. The van der Waals surface area contributed by atoms with E-state index in [0.29, 0.717) is 12.1 Å². The monoisotopic (exact) mass is 444 g/mol. The maximum absolute atomic E-state index is 13.8. The van der Waals surface area contributed by atoms with Gasteiger partial charge in [-0.1, -0.05) is 13.8 Å². The van der Waals surface area contributed by atoms with E-state index in [0.717, 1.165) is 33.6 Å². The Hall–Kier alpha value is -2.95. The number of aromatic nitrogens is 2. The number of rotatable bonds is 0. The van der Waals surface area contributed by atoms with Crippen LogP contribution in [0.15, 0.2) is 10.9 Å². The molecule has 1 aromatic carbocycles. The van der Waals surface area contributed by atoms with E-state index >= 15 is 0 Å². The minimum Gasteiger partial charge on any atom is -0.460 e. The summed E-state index contributed by atoms with van der Waals surface area (Å²) in [6.45, 7) is 19.1. The van der Waals surface area contributed by atoms with Gasteiger partial charge in [0.2, 0.25) is 0 Å². The number of ether oxygens (including phenoxy) is 1. The van der Waals surface area contributed by atoms with E-state index in [1.165, 1.54) is 27.6 Å². The van der Waals surface area contributed by atoms with Crippen molar-refractivity contribution in [3.63, 3.8) is 0 Å². The minimum absolute atomic E-state index is 0.0171. The molecule has 3 aromatic rings. The highest BCUT2D eigenvalue weighted by atomic mass is 16.5. The number of cyclic esters (lactones) is 1. The predicted molar refractivity (Wildman–Crippen MR) is 131 cm³/mol. The molecule has 0 unspecified atom stereocenters. The number of carbonyl (C=O) groups is 1. The molecular weight excluding hydrogens is 412 g/mol. The topological polar surface area (TPSA) is 61.2 Å². The standard InChI is InChI=1S/C28H32N2O3/c1-13-10-20-21(15(3)14(13)2)16(4)18-11-30-24(23(18)29-20)17(5)22-19(25(30)31)12-33-26(32)28(8,9)27(22,6)7/h10H,11-12H2,1-9H3. The summed E-state index contributed by atoms with van der Waals surface area (Å²) in [4.78, 5) is 31.8. The van der Waals surface area contributed by atoms with E-state index in [2.05, 4.69) is 40.7 Å². The Bertz CT molecular complexity index is 1470. The zero-order valence-electron chi connectivity index (χ0n) is 21.1. The zero-order valence-corrected chi connectivity index (χ0v) is 21.1. The Morgan fingerprint density at radius 3 is 2.21 bits per heavy atom. The molecule has 0 amide bonds. The molecule has 0 atom stereocenters. The molecule has 4 heterocycles. The van der Waals surface area contributed by atoms with Gasteiger partial charge in [0.05, 0.1) is 34.4 Å². The van der Waals surface area contributed by atoms with Gasteiger partial charge in [0.25, 0.3) is 5.56 Å². The summed E-state index contributed by atoms with van der Waals surface area (Å²) in [6, 6.07) is 2.16. The summed E-state index contributed by atoms with van der Waals surface area (Å²) in [5, 5.41) is 1.19. The fourth-order valence-electron chi connectivity index (χ4n) is 5.93. The highest BCUT2D eigenvalue weighted by Gasteiger charge is 2.50. The van der Waals surface area contributed by atoms with Crippen molar-refractivity contribution in [1.29, 1.82) is 0 Å². The number of benzene rings is 1. The molecule has 0 saturated carbocycles. The summed E-state index contributed by atoms with van der Waals surface area (Å²) in [7, 11) is 0. The van der Waals surface area contributed by atoms with E-state index in [4.69, 9.17) is 9.72 Å². The number of fused-ring (bicyclic) bond motifs is 5. The normalized spacial score (nSPS) is 17.9. The van der Waals surface area contributed by atoms with Crippen molar-refractivity contribution in [1.82, 2.24) is 9.55 Å². The first kappa shape index (κ1) is 21.9. The maximum atomic E-state index is 13.8. The van der Waals surface area contributed by atoms with Gasteiger partial charge in [0.15, 0.2) is 0 Å². The molecule has 5 heteroatoms. The van der Waals surface area contributed by atoms with Gasteiger partial charge < -0.3 is 9.30 Å². The SMILES string of the molecule is Cc1cc2nc3c(c(C)c2c(C)c1C)Cn1c-3c(C)c2c(c1=O)COC(=O)C(C)(C)C2(C)C. The number of esters is 1. The van der Waals surface area contributed by atoms with E-state index < -0.39 is 10.8 Å². The predicted octanol–water partition coefficient (Wildman–Crippen LogP) is 5.33. The van der Waals surface area contributed by atoms with Gasteiger partial charge in [0, 0.05) is 16.4 Å². The third-order valence-corrected chi connectivity index (χ3v) is 8.88. The highest BCUT2D eigenvalue weighted by Crippen LogP contribution is 2.49. The van der Waals surface area contributed by atoms with Gasteiger partial charge in [-0.25, -0.2) is 4.98 Å². The van der Waals surface area contributed by atoms with Crippen molar-refractivity contribution < 1.29 is 9.53 Å². The Balaban J connectivity index is 1.89. The lowest BCUT2D eigenvalue weighted by Gasteiger charge is -2.39. The summed E-state index contributed by atoms with van der Waals surface area (Å²) >= 11 is 0. The van der Waals surface area contributed by atoms with Crippen molar-refractivity contribution in [2.75, 3.05) is 0 Å². The minimum atomic E-state index is -0.770. The molecule has 33 heavy (non-hydrogen) atoms. The zero-order chi connectivity index (χ0) is 24.2. The van der Waals surface area contributed by atoms with Crippen LogP contribution in [0.5, 0.6) is 0 Å². The van der Waals surface area contributed by atoms with Crippen LogP contribution in [-0.2, 0) is 28.1 Å². The number of pyridine rings is 2. The number of carbonyl (C=O) groups excluding carboxylic acids is 1. The molecule has 2 aliphatic heterocycles. The largest absolute Gasteiger partial charge is 0.460 e. The summed E-state index contributed by atoms with van der Waals surface area (Å²) in [5.41, 5.74) is 9.94. The van der Waals surface area contributed by atoms with Crippen LogP contribution in [-0.4, -0.2) is 15.5 Å². The van der Waals surface area contributed by atoms with Crippen LogP contribution >= 0.6 is 0 Å². The van der Waals surface area contributed by atoms with E-state index in [1.807, 2.05) is 32.3 Å². The number of aryl methyl sites for hydroxylation is 3. The van der Waals surface area contributed by atoms with Crippen molar-refractivity contribution in [2.24, 2.45) is 5.41 Å². The average molecular weight is 445 g/mol. The second-order valence-corrected chi connectivity index (χ2v) is 10.9. The molecule has 0 bridgehead atoms. The van der Waals surface area contributed by atoms with Crippen molar-refractivity contribution in [3.05, 3.63) is 60.9 Å². The van der Waals surface area contributed by atoms with E-state index in [-0.39, 0.29) is 18.1 Å². The van der Waals surface area contributed by atoms with Crippen LogP contribution in [0.1, 0.15) is 72.2 Å². The molecule has 2 aliphatic rings. The summed E-state index contributed by atoms with van der Waals surface area (Å²) in [5.74, 6) is -0.269. The first-order valence-electron chi connectivity index (χ1n) is 11.6. The smallest absolute Gasteiger partial charge is 0.312 e. The fourth-order valence-corrected chi connectivity index (χ4v) is 5.93. The lowest BCUT2D eigenvalue weighted by atomic mass is 9.62. The molecule has 5 rings (SSSR count). The van der Waals surface area contributed by atoms with Gasteiger partial charge >= 0.3 is 5.97 Å². The third kappa shape index (κ3) is 2.56. The van der Waals surface area contributed by atoms with Crippen molar-refractivity contribution in [3.8, 4) is 11.4 Å². The van der Waals surface area contributed by atoms with Gasteiger partial charge in [-0.2, -0.15) is 0 Å². The van der Waals surface area contributed by atoms with Gasteiger partial charge in [-0.15, -0.1) is 0 Å². The highest BCUT2D eigenvalue weighted by molar-refractivity contribution is 5.92. The Morgan fingerprint density at radius 2 is 1.55 bits per heavy atom. The fraction of sp³-hybridized carbons (Fsp3) is 0.464. The van der Waals surface area contributed by atoms with Crippen LogP contribution < -0.4 is 5.56 Å². The average Bonchev–Trinajstić information content (AvgIpc) is 3.10. The number of nitrogens with zero attached hydrogens (tertiary/aromatic N) is 2. The molecule has 0 saturated heterocycles. The quantitative estimate of drug-likeness (QED) is 0.344. The van der Waals surface area contributed by atoms with Crippen LogP contribution in [0.25, 0.3) is 22.3 Å². The first-order chi connectivity index (χ1) is 15.3. The molecule has 0 radical (unpaired) electrons.